The fourth-order valence-corrected chi connectivity index (χ4v) is 4.30. The van der Waals surface area contributed by atoms with Gasteiger partial charge in [-0.15, -0.1) is 11.8 Å². The number of ether oxygens (including phenoxy) is 1. The van der Waals surface area contributed by atoms with Crippen molar-refractivity contribution in [2.45, 2.75) is 30.0 Å². The summed E-state index contributed by atoms with van der Waals surface area (Å²) in [6, 6.07) is 14.7. The van der Waals surface area contributed by atoms with Crippen molar-refractivity contribution in [3.05, 3.63) is 54.0 Å². The number of aliphatic imine (C=N–C) groups is 1. The van der Waals surface area contributed by atoms with E-state index in [1.54, 1.807) is 0 Å². The second kappa shape index (κ2) is 11.3. The zero-order valence-electron chi connectivity index (χ0n) is 17.6. The molecule has 2 heterocycles. The second-order valence-electron chi connectivity index (χ2n) is 7.19. The fourth-order valence-electron chi connectivity index (χ4n) is 3.36. The molecular weight excluding hydrogens is 384 g/mol. The standard InChI is InChI=1S/C22H32N4O2S/c1-17-9-10-21(28-17)20(26-11-13-27-14-12-26)16-25-22(23-3)24-15-18(2)29-19-7-5-4-6-8-19/h4-10,18,20H,11-16H2,1-3H3,(H2,23,24,25). The van der Waals surface area contributed by atoms with Crippen molar-refractivity contribution >= 4 is 17.7 Å². The lowest BCUT2D eigenvalue weighted by atomic mass is 10.1. The minimum Gasteiger partial charge on any atom is -0.465 e. The number of nitrogens with one attached hydrogen (secondary N) is 2. The third kappa shape index (κ3) is 6.80. The molecule has 1 aromatic heterocycles. The quantitative estimate of drug-likeness (QED) is 0.391. The molecule has 0 spiro atoms. The maximum absolute atomic E-state index is 5.94. The van der Waals surface area contributed by atoms with Gasteiger partial charge < -0.3 is 19.8 Å². The lowest BCUT2D eigenvalue weighted by molar-refractivity contribution is 0.0124. The van der Waals surface area contributed by atoms with Crippen LogP contribution in [0.25, 0.3) is 0 Å². The van der Waals surface area contributed by atoms with Gasteiger partial charge in [-0.3, -0.25) is 9.89 Å². The van der Waals surface area contributed by atoms with Crippen molar-refractivity contribution in [2.24, 2.45) is 4.99 Å². The summed E-state index contributed by atoms with van der Waals surface area (Å²) >= 11 is 1.86. The molecule has 0 aliphatic carbocycles. The Kier molecular flexibility index (Phi) is 8.46. The highest BCUT2D eigenvalue weighted by molar-refractivity contribution is 8.00. The topological polar surface area (TPSA) is 62.0 Å². The molecule has 2 aromatic rings. The van der Waals surface area contributed by atoms with E-state index in [1.807, 2.05) is 37.9 Å². The molecule has 0 bridgehead atoms. The van der Waals surface area contributed by atoms with Crippen molar-refractivity contribution in [3.63, 3.8) is 0 Å². The molecule has 7 heteroatoms. The molecule has 0 radical (unpaired) electrons. The number of hydrogen-bond acceptors (Lipinski definition) is 5. The van der Waals surface area contributed by atoms with Crippen LogP contribution in [0.3, 0.4) is 0 Å². The number of furan rings is 1. The van der Waals surface area contributed by atoms with Crippen molar-refractivity contribution < 1.29 is 9.15 Å². The first-order valence-electron chi connectivity index (χ1n) is 10.2. The molecule has 0 saturated carbocycles. The molecule has 1 aromatic carbocycles. The Morgan fingerprint density at radius 1 is 1.10 bits per heavy atom. The molecule has 158 valence electrons. The van der Waals surface area contributed by atoms with Crippen LogP contribution < -0.4 is 10.6 Å². The molecule has 6 nitrogen and oxygen atoms in total. The van der Waals surface area contributed by atoms with Gasteiger partial charge in [-0.25, -0.2) is 0 Å². The van der Waals surface area contributed by atoms with Crippen LogP contribution >= 0.6 is 11.8 Å². The lowest BCUT2D eigenvalue weighted by Crippen LogP contribution is -2.47. The molecular formula is C22H32N4O2S. The van der Waals surface area contributed by atoms with E-state index < -0.39 is 0 Å². The highest BCUT2D eigenvalue weighted by Gasteiger charge is 2.25. The summed E-state index contributed by atoms with van der Waals surface area (Å²) in [5, 5.41) is 7.36. The summed E-state index contributed by atoms with van der Waals surface area (Å²) in [6.45, 7) is 9.11. The Balaban J connectivity index is 1.52. The van der Waals surface area contributed by atoms with E-state index in [-0.39, 0.29) is 6.04 Å². The van der Waals surface area contributed by atoms with Crippen molar-refractivity contribution in [1.82, 2.24) is 15.5 Å². The number of nitrogens with zero attached hydrogens (tertiary/aromatic N) is 2. The minimum absolute atomic E-state index is 0.155. The Bertz CT molecular complexity index is 759. The van der Waals surface area contributed by atoms with Crippen LogP contribution in [0.2, 0.25) is 0 Å². The van der Waals surface area contributed by atoms with Crippen LogP contribution in [0.5, 0.6) is 0 Å². The molecule has 2 N–H and O–H groups in total. The molecule has 1 aliphatic heterocycles. The van der Waals surface area contributed by atoms with Crippen LogP contribution in [0.15, 0.2) is 56.8 Å². The monoisotopic (exact) mass is 416 g/mol. The highest BCUT2D eigenvalue weighted by Crippen LogP contribution is 2.24. The summed E-state index contributed by atoms with van der Waals surface area (Å²) in [7, 11) is 1.81. The first-order chi connectivity index (χ1) is 14.2. The van der Waals surface area contributed by atoms with E-state index in [0.29, 0.717) is 5.25 Å². The molecule has 2 atom stereocenters. The van der Waals surface area contributed by atoms with Gasteiger partial charge in [0, 0.05) is 43.4 Å². The summed E-state index contributed by atoms with van der Waals surface area (Å²) in [5.74, 6) is 2.74. The predicted molar refractivity (Wildman–Crippen MR) is 120 cm³/mol. The van der Waals surface area contributed by atoms with E-state index in [9.17, 15) is 0 Å². The minimum atomic E-state index is 0.155. The largest absolute Gasteiger partial charge is 0.465 e. The van der Waals surface area contributed by atoms with Crippen LogP contribution in [0.4, 0.5) is 0 Å². The fraction of sp³-hybridized carbons (Fsp3) is 0.500. The molecule has 3 rings (SSSR count). The van der Waals surface area contributed by atoms with Gasteiger partial charge in [0.25, 0.3) is 0 Å². The zero-order valence-corrected chi connectivity index (χ0v) is 18.4. The van der Waals surface area contributed by atoms with Gasteiger partial charge in [0.2, 0.25) is 0 Å². The number of rotatable bonds is 8. The van der Waals surface area contributed by atoms with Gasteiger partial charge in [-0.1, -0.05) is 25.1 Å². The Morgan fingerprint density at radius 2 is 1.83 bits per heavy atom. The number of hydrogen-bond donors (Lipinski definition) is 2. The SMILES string of the molecule is CN=C(NCC(C)Sc1ccccc1)NCC(c1ccc(C)o1)N1CCOCC1. The van der Waals surface area contributed by atoms with E-state index in [2.05, 4.69) is 57.8 Å². The maximum atomic E-state index is 5.94. The number of benzene rings is 1. The van der Waals surface area contributed by atoms with Crippen molar-refractivity contribution in [2.75, 3.05) is 46.4 Å². The van der Waals surface area contributed by atoms with Gasteiger partial charge in [0.1, 0.15) is 11.5 Å². The van der Waals surface area contributed by atoms with Gasteiger partial charge in [-0.2, -0.15) is 0 Å². The number of guanidine groups is 1. The maximum Gasteiger partial charge on any atom is 0.191 e. The molecule has 1 fully saturated rings. The Hall–Kier alpha value is -1.96. The van der Waals surface area contributed by atoms with Crippen molar-refractivity contribution in [3.8, 4) is 0 Å². The van der Waals surface area contributed by atoms with Gasteiger partial charge >= 0.3 is 0 Å². The summed E-state index contributed by atoms with van der Waals surface area (Å²) in [6.07, 6.45) is 0. The summed E-state index contributed by atoms with van der Waals surface area (Å²) in [4.78, 5) is 8.09. The van der Waals surface area contributed by atoms with Crippen LogP contribution in [-0.4, -0.2) is 62.5 Å². The molecule has 29 heavy (non-hydrogen) atoms. The first kappa shape index (κ1) is 21.7. The average molecular weight is 417 g/mol. The van der Waals surface area contributed by atoms with E-state index in [0.717, 1.165) is 56.9 Å². The highest BCUT2D eigenvalue weighted by atomic mass is 32.2. The van der Waals surface area contributed by atoms with E-state index in [1.165, 1.54) is 4.90 Å². The zero-order chi connectivity index (χ0) is 20.5. The number of thioether (sulfide) groups is 1. The average Bonchev–Trinajstić information content (AvgIpc) is 3.18. The lowest BCUT2D eigenvalue weighted by Gasteiger charge is -2.33. The molecule has 1 aliphatic rings. The number of aryl methyl sites for hydroxylation is 1. The first-order valence-corrected chi connectivity index (χ1v) is 11.1. The Labute approximate surface area is 178 Å². The van der Waals surface area contributed by atoms with Gasteiger partial charge in [-0.05, 0) is 31.2 Å². The summed E-state index contributed by atoms with van der Waals surface area (Å²) in [5.41, 5.74) is 0. The van der Waals surface area contributed by atoms with Gasteiger partial charge in [0.15, 0.2) is 5.96 Å². The molecule has 0 amide bonds. The van der Waals surface area contributed by atoms with Crippen LogP contribution in [0.1, 0.15) is 24.5 Å². The van der Waals surface area contributed by atoms with E-state index >= 15 is 0 Å². The summed E-state index contributed by atoms with van der Waals surface area (Å²) < 4.78 is 11.5. The molecule has 2 unspecified atom stereocenters. The van der Waals surface area contributed by atoms with Crippen LogP contribution in [0, 0.1) is 6.92 Å². The predicted octanol–water partition coefficient (Wildman–Crippen LogP) is 3.31. The normalized spacial score (nSPS) is 17.7. The van der Waals surface area contributed by atoms with Crippen molar-refractivity contribution in [1.29, 1.82) is 0 Å². The third-order valence-corrected chi connectivity index (χ3v) is 6.01. The van der Waals surface area contributed by atoms with Crippen LogP contribution in [-0.2, 0) is 4.74 Å². The third-order valence-electron chi connectivity index (χ3n) is 4.90. The Morgan fingerprint density at radius 3 is 2.48 bits per heavy atom. The van der Waals surface area contributed by atoms with Gasteiger partial charge in [0.05, 0.1) is 19.3 Å². The molecule has 1 saturated heterocycles. The second-order valence-corrected chi connectivity index (χ2v) is 8.70. The smallest absolute Gasteiger partial charge is 0.191 e. The number of morpholine rings is 1. The van der Waals surface area contributed by atoms with E-state index in [4.69, 9.17) is 9.15 Å².